The van der Waals surface area contributed by atoms with E-state index in [0.717, 1.165) is 49.0 Å². The van der Waals surface area contributed by atoms with E-state index in [1.54, 1.807) is 4.90 Å². The smallest absolute Gasteiger partial charge is 0.410 e. The number of fused-ring (bicyclic) bond motifs is 3. The second-order valence-electron chi connectivity index (χ2n) is 10.6. The number of ether oxygens (including phenoxy) is 2. The molecule has 0 radical (unpaired) electrons. The van der Waals surface area contributed by atoms with Crippen LogP contribution in [-0.4, -0.2) is 52.9 Å². The Bertz CT molecular complexity index is 1430. The zero-order valence-electron chi connectivity index (χ0n) is 22.7. The third-order valence-electron chi connectivity index (χ3n) is 8.26. The van der Waals surface area contributed by atoms with Crippen molar-refractivity contribution in [2.24, 2.45) is 0 Å². The number of thioether (sulfide) groups is 1. The highest BCUT2D eigenvalue weighted by molar-refractivity contribution is 7.98. The van der Waals surface area contributed by atoms with E-state index < -0.39 is 0 Å². The topological polar surface area (TPSA) is 91.6 Å². The maximum Gasteiger partial charge on any atom is 0.410 e. The van der Waals surface area contributed by atoms with Gasteiger partial charge in [-0.05, 0) is 55.1 Å². The summed E-state index contributed by atoms with van der Waals surface area (Å²) < 4.78 is 12.5. The number of nitriles is 1. The van der Waals surface area contributed by atoms with Gasteiger partial charge in [-0.3, -0.25) is 0 Å². The molecule has 40 heavy (non-hydrogen) atoms. The van der Waals surface area contributed by atoms with Gasteiger partial charge in [-0.15, -0.1) is 0 Å². The Labute approximate surface area is 239 Å². The van der Waals surface area contributed by atoms with Gasteiger partial charge < -0.3 is 19.3 Å². The first-order valence-corrected chi connectivity index (χ1v) is 15.1. The van der Waals surface area contributed by atoms with Gasteiger partial charge in [-0.25, -0.2) is 9.78 Å². The van der Waals surface area contributed by atoms with Crippen molar-refractivity contribution in [1.29, 1.82) is 5.26 Å². The molecule has 2 aromatic carbocycles. The zero-order chi connectivity index (χ0) is 27.5. The molecule has 3 aliphatic rings. The van der Waals surface area contributed by atoms with Crippen molar-refractivity contribution in [2.75, 3.05) is 30.8 Å². The first-order valence-electron chi connectivity index (χ1n) is 13.9. The number of aryl methyl sites for hydroxylation is 1. The molecule has 1 spiro atoms. The molecule has 2 aliphatic heterocycles. The standard InChI is InChI=1S/C31H33N5O3S/c1-40-29-33-27(25-13-16-31(39-28(25)34-29)15-7-11-23-10-5-6-12-26(23)31)35-18-19-36(24(20-35)14-17-32)30(37)38-21-22-8-3-2-4-9-22/h2-6,8-10,12,24H,7,11,13-16,18-21H2,1H3/t24-,31?/m0/s1. The summed E-state index contributed by atoms with van der Waals surface area (Å²) in [6.45, 7) is 1.75. The van der Waals surface area contributed by atoms with E-state index in [1.807, 2.05) is 36.6 Å². The van der Waals surface area contributed by atoms with Crippen LogP contribution in [0.4, 0.5) is 10.6 Å². The highest BCUT2D eigenvalue weighted by Crippen LogP contribution is 2.48. The average molecular weight is 556 g/mol. The van der Waals surface area contributed by atoms with Crippen molar-refractivity contribution in [3.05, 3.63) is 76.9 Å². The van der Waals surface area contributed by atoms with Crippen LogP contribution in [0.1, 0.15) is 47.9 Å². The van der Waals surface area contributed by atoms with Crippen LogP contribution >= 0.6 is 11.8 Å². The number of amides is 1. The summed E-state index contributed by atoms with van der Waals surface area (Å²) in [7, 11) is 0. The molecule has 9 heteroatoms. The maximum atomic E-state index is 13.0. The van der Waals surface area contributed by atoms with Gasteiger partial charge in [0.05, 0.1) is 24.1 Å². The predicted octanol–water partition coefficient (Wildman–Crippen LogP) is 5.50. The van der Waals surface area contributed by atoms with E-state index >= 15 is 0 Å². The molecule has 1 unspecified atom stereocenters. The monoisotopic (exact) mass is 555 g/mol. The van der Waals surface area contributed by atoms with Gasteiger partial charge in [0, 0.05) is 19.6 Å². The predicted molar refractivity (Wildman–Crippen MR) is 153 cm³/mol. The van der Waals surface area contributed by atoms with E-state index in [-0.39, 0.29) is 30.8 Å². The van der Waals surface area contributed by atoms with E-state index in [4.69, 9.17) is 19.4 Å². The molecule has 3 heterocycles. The Morgan fingerprint density at radius 2 is 1.95 bits per heavy atom. The highest BCUT2D eigenvalue weighted by atomic mass is 32.2. The fourth-order valence-corrected chi connectivity index (χ4v) is 6.62. The summed E-state index contributed by atoms with van der Waals surface area (Å²) in [5.41, 5.74) is 4.25. The van der Waals surface area contributed by atoms with Gasteiger partial charge in [0.1, 0.15) is 18.0 Å². The number of carbonyl (C=O) groups excluding carboxylic acids is 1. The van der Waals surface area contributed by atoms with Crippen LogP contribution in [0.25, 0.3) is 0 Å². The fourth-order valence-electron chi connectivity index (χ4n) is 6.27. The van der Waals surface area contributed by atoms with Crippen molar-refractivity contribution in [1.82, 2.24) is 14.9 Å². The molecule has 1 aromatic heterocycles. The van der Waals surface area contributed by atoms with E-state index in [0.29, 0.717) is 30.7 Å². The zero-order valence-corrected chi connectivity index (χ0v) is 23.5. The van der Waals surface area contributed by atoms with Gasteiger partial charge >= 0.3 is 6.09 Å². The van der Waals surface area contributed by atoms with Gasteiger partial charge in [0.2, 0.25) is 5.88 Å². The van der Waals surface area contributed by atoms with Crippen molar-refractivity contribution >= 4 is 23.7 Å². The van der Waals surface area contributed by atoms with Crippen LogP contribution in [0.15, 0.2) is 59.8 Å². The lowest BCUT2D eigenvalue weighted by Crippen LogP contribution is -2.55. The molecule has 206 valence electrons. The number of aromatic nitrogens is 2. The van der Waals surface area contributed by atoms with Crippen LogP contribution in [0, 0.1) is 11.3 Å². The minimum absolute atomic E-state index is 0.206. The summed E-state index contributed by atoms with van der Waals surface area (Å²) in [5.74, 6) is 1.52. The van der Waals surface area contributed by atoms with E-state index in [1.165, 1.54) is 22.9 Å². The molecule has 3 aromatic rings. The van der Waals surface area contributed by atoms with E-state index in [2.05, 4.69) is 35.2 Å². The molecule has 0 saturated carbocycles. The van der Waals surface area contributed by atoms with Gasteiger partial charge in [-0.1, -0.05) is 66.4 Å². The largest absolute Gasteiger partial charge is 0.466 e. The molecule has 6 rings (SSSR count). The quantitative estimate of drug-likeness (QED) is 0.301. The Balaban J connectivity index is 1.24. The molecule has 2 atom stereocenters. The van der Waals surface area contributed by atoms with Gasteiger partial charge in [-0.2, -0.15) is 10.2 Å². The lowest BCUT2D eigenvalue weighted by Gasteiger charge is -2.44. The number of anilines is 1. The Kier molecular flexibility index (Phi) is 7.53. The summed E-state index contributed by atoms with van der Waals surface area (Å²) in [5, 5.41) is 10.2. The number of hydrogen-bond donors (Lipinski definition) is 0. The number of rotatable bonds is 5. The summed E-state index contributed by atoms with van der Waals surface area (Å²) in [4.78, 5) is 26.7. The molecule has 1 saturated heterocycles. The Morgan fingerprint density at radius 3 is 2.77 bits per heavy atom. The lowest BCUT2D eigenvalue weighted by atomic mass is 9.75. The fraction of sp³-hybridized carbons (Fsp3) is 0.419. The highest BCUT2D eigenvalue weighted by Gasteiger charge is 2.44. The second-order valence-corrected chi connectivity index (χ2v) is 11.4. The molecule has 0 bridgehead atoms. The van der Waals surface area contributed by atoms with Crippen molar-refractivity contribution < 1.29 is 14.3 Å². The summed E-state index contributed by atoms with van der Waals surface area (Å²) >= 11 is 1.50. The molecular weight excluding hydrogens is 522 g/mol. The summed E-state index contributed by atoms with van der Waals surface area (Å²) in [6.07, 6.45) is 6.64. The SMILES string of the molecule is CSc1nc2c(c(N3CCN(C(=O)OCc4ccccc4)[C@@H](CC#N)C3)n1)CCC1(CCCc3ccccc31)O2. The Morgan fingerprint density at radius 1 is 1.12 bits per heavy atom. The number of carbonyl (C=O) groups is 1. The van der Waals surface area contributed by atoms with Crippen LogP contribution < -0.4 is 9.64 Å². The first-order chi connectivity index (χ1) is 19.6. The third-order valence-corrected chi connectivity index (χ3v) is 8.81. The average Bonchev–Trinajstić information content (AvgIpc) is 3.00. The maximum absolute atomic E-state index is 13.0. The molecule has 8 nitrogen and oxygen atoms in total. The van der Waals surface area contributed by atoms with Crippen molar-refractivity contribution in [3.63, 3.8) is 0 Å². The minimum Gasteiger partial charge on any atom is -0.466 e. The molecule has 0 N–H and O–H groups in total. The van der Waals surface area contributed by atoms with Gasteiger partial charge in [0.15, 0.2) is 5.16 Å². The number of nitrogens with zero attached hydrogens (tertiary/aromatic N) is 5. The van der Waals surface area contributed by atoms with Crippen molar-refractivity contribution in [3.8, 4) is 11.9 Å². The van der Waals surface area contributed by atoms with Crippen LogP contribution in [0.3, 0.4) is 0 Å². The molecular formula is C31H33N5O3S. The van der Waals surface area contributed by atoms with Crippen LogP contribution in [0.2, 0.25) is 0 Å². The molecule has 1 aliphatic carbocycles. The number of piperazine rings is 1. The van der Waals surface area contributed by atoms with Gasteiger partial charge in [0.25, 0.3) is 0 Å². The van der Waals surface area contributed by atoms with Crippen LogP contribution in [0.5, 0.6) is 5.88 Å². The van der Waals surface area contributed by atoms with E-state index in [9.17, 15) is 10.1 Å². The summed E-state index contributed by atoms with van der Waals surface area (Å²) in [6, 6.07) is 20.2. The molecule has 1 fully saturated rings. The van der Waals surface area contributed by atoms with Crippen molar-refractivity contribution in [2.45, 2.75) is 61.9 Å². The normalized spacial score (nSPS) is 21.6. The second kappa shape index (κ2) is 11.4. The Hall–Kier alpha value is -3.77. The third kappa shape index (κ3) is 5.08. The number of hydrogen-bond acceptors (Lipinski definition) is 8. The lowest BCUT2D eigenvalue weighted by molar-refractivity contribution is 0.0191. The first kappa shape index (κ1) is 26.5. The number of benzene rings is 2. The molecule has 1 amide bonds. The minimum atomic E-state index is -0.389. The van der Waals surface area contributed by atoms with Crippen LogP contribution in [-0.2, 0) is 29.8 Å².